The molecule has 0 bridgehead atoms. The van der Waals surface area contributed by atoms with Gasteiger partial charge in [0.1, 0.15) is 0 Å². The van der Waals surface area contributed by atoms with E-state index >= 15 is 0 Å². The molecule has 0 aromatic carbocycles. The number of carbonyl (C=O) groups excluding carboxylic acids is 1. The molecule has 25 heavy (non-hydrogen) atoms. The van der Waals surface area contributed by atoms with E-state index in [0.717, 1.165) is 44.7 Å². The Kier molecular flexibility index (Phi) is 4.80. The number of hydrazine groups is 1. The van der Waals surface area contributed by atoms with E-state index in [4.69, 9.17) is 0 Å². The average Bonchev–Trinajstić information content (AvgIpc) is 3.08. The predicted molar refractivity (Wildman–Crippen MR) is 95.4 cm³/mol. The molecule has 2 fully saturated rings. The highest BCUT2D eigenvalue weighted by Crippen LogP contribution is 2.26. The summed E-state index contributed by atoms with van der Waals surface area (Å²) in [5, 5.41) is 7.72. The van der Waals surface area contributed by atoms with Crippen molar-refractivity contribution in [2.24, 2.45) is 11.8 Å². The summed E-state index contributed by atoms with van der Waals surface area (Å²) in [7, 11) is 0. The van der Waals surface area contributed by atoms with Crippen LogP contribution >= 0.6 is 0 Å². The Morgan fingerprint density at radius 3 is 2.72 bits per heavy atom. The summed E-state index contributed by atoms with van der Waals surface area (Å²) in [5.74, 6) is 1.06. The molecule has 1 aliphatic carbocycles. The predicted octanol–water partition coefficient (Wildman–Crippen LogP) is 0.616. The van der Waals surface area contributed by atoms with Crippen molar-refractivity contribution in [3.63, 3.8) is 0 Å². The lowest BCUT2D eigenvalue weighted by Gasteiger charge is -2.31. The van der Waals surface area contributed by atoms with Gasteiger partial charge >= 0.3 is 0 Å². The molecule has 138 valence electrons. The SMILES string of the molecule is CC1NNC(C)C1CN1CCn2nc(CNC(=O)C3CCC3)cc2C1. The first-order valence-corrected chi connectivity index (χ1v) is 9.67. The van der Waals surface area contributed by atoms with E-state index in [0.29, 0.717) is 24.5 Å². The highest BCUT2D eigenvalue weighted by Gasteiger charge is 2.32. The quantitative estimate of drug-likeness (QED) is 0.729. The van der Waals surface area contributed by atoms with Crippen LogP contribution < -0.4 is 16.2 Å². The Balaban J connectivity index is 1.32. The fourth-order valence-electron chi connectivity index (χ4n) is 4.14. The van der Waals surface area contributed by atoms with E-state index in [2.05, 4.69) is 50.8 Å². The second-order valence-electron chi connectivity index (χ2n) is 7.96. The van der Waals surface area contributed by atoms with Crippen LogP contribution in [0.25, 0.3) is 0 Å². The molecule has 1 aromatic rings. The molecule has 2 unspecified atom stereocenters. The number of rotatable bonds is 5. The monoisotopic (exact) mass is 346 g/mol. The van der Waals surface area contributed by atoms with Gasteiger partial charge in [-0.25, -0.2) is 0 Å². The van der Waals surface area contributed by atoms with E-state index in [9.17, 15) is 4.79 Å². The van der Waals surface area contributed by atoms with Gasteiger partial charge in [0.2, 0.25) is 5.91 Å². The van der Waals surface area contributed by atoms with Gasteiger partial charge in [0.15, 0.2) is 0 Å². The third-order valence-corrected chi connectivity index (χ3v) is 6.14. The molecule has 1 amide bonds. The van der Waals surface area contributed by atoms with Crippen molar-refractivity contribution in [3.8, 4) is 0 Å². The van der Waals surface area contributed by atoms with Gasteiger partial charge in [0.05, 0.1) is 24.5 Å². The number of aromatic nitrogens is 2. The van der Waals surface area contributed by atoms with E-state index in [1.165, 1.54) is 12.1 Å². The smallest absolute Gasteiger partial charge is 0.223 e. The number of carbonyl (C=O) groups is 1. The zero-order chi connectivity index (χ0) is 17.4. The number of hydrogen-bond acceptors (Lipinski definition) is 5. The minimum atomic E-state index is 0.197. The topological polar surface area (TPSA) is 74.2 Å². The van der Waals surface area contributed by atoms with E-state index in [-0.39, 0.29) is 11.8 Å². The van der Waals surface area contributed by atoms with Gasteiger partial charge in [-0.3, -0.25) is 25.2 Å². The molecule has 7 nitrogen and oxygen atoms in total. The summed E-state index contributed by atoms with van der Waals surface area (Å²) in [4.78, 5) is 14.5. The third kappa shape index (κ3) is 3.59. The summed E-state index contributed by atoms with van der Waals surface area (Å²) in [6.45, 7) is 9.07. The molecule has 3 aliphatic rings. The lowest BCUT2D eigenvalue weighted by molar-refractivity contribution is -0.127. The molecule has 1 aromatic heterocycles. The van der Waals surface area contributed by atoms with E-state index in [1.807, 2.05) is 0 Å². The zero-order valence-corrected chi connectivity index (χ0v) is 15.3. The minimum absolute atomic E-state index is 0.197. The van der Waals surface area contributed by atoms with Gasteiger partial charge in [-0.05, 0) is 32.8 Å². The first-order chi connectivity index (χ1) is 12.1. The number of hydrogen-bond donors (Lipinski definition) is 3. The number of nitrogens with zero attached hydrogens (tertiary/aromatic N) is 3. The van der Waals surface area contributed by atoms with Crippen molar-refractivity contribution >= 4 is 5.91 Å². The van der Waals surface area contributed by atoms with Crippen LogP contribution in [0.3, 0.4) is 0 Å². The van der Waals surface area contributed by atoms with Gasteiger partial charge in [-0.1, -0.05) is 6.42 Å². The van der Waals surface area contributed by atoms with Crippen molar-refractivity contribution in [2.45, 2.75) is 64.8 Å². The fraction of sp³-hybridized carbons (Fsp3) is 0.778. The van der Waals surface area contributed by atoms with Gasteiger partial charge in [0, 0.05) is 43.6 Å². The molecule has 7 heteroatoms. The van der Waals surface area contributed by atoms with Crippen LogP contribution in [0, 0.1) is 11.8 Å². The molecule has 2 atom stereocenters. The Morgan fingerprint density at radius 2 is 2.04 bits per heavy atom. The maximum absolute atomic E-state index is 12.0. The van der Waals surface area contributed by atoms with Crippen LogP contribution in [-0.2, 0) is 24.4 Å². The summed E-state index contributed by atoms with van der Waals surface area (Å²) in [5.41, 5.74) is 8.93. The standard InChI is InChI=1S/C18H30N6O/c1-12-17(13(2)21-20-12)11-23-6-7-24-16(10-23)8-15(22-24)9-19-18(25)14-4-3-5-14/h8,12-14,17,20-21H,3-7,9-11H2,1-2H3,(H,19,25). The van der Waals surface area contributed by atoms with Gasteiger partial charge in [0.25, 0.3) is 0 Å². The summed E-state index contributed by atoms with van der Waals surface area (Å²) < 4.78 is 2.11. The van der Waals surface area contributed by atoms with Crippen LogP contribution in [-0.4, -0.2) is 45.8 Å². The number of fused-ring (bicyclic) bond motifs is 1. The number of nitrogens with one attached hydrogen (secondary N) is 3. The van der Waals surface area contributed by atoms with Gasteiger partial charge in [-0.15, -0.1) is 0 Å². The second-order valence-corrected chi connectivity index (χ2v) is 7.96. The molecular weight excluding hydrogens is 316 g/mol. The highest BCUT2D eigenvalue weighted by atomic mass is 16.1. The fourth-order valence-corrected chi connectivity index (χ4v) is 4.14. The maximum Gasteiger partial charge on any atom is 0.223 e. The van der Waals surface area contributed by atoms with Crippen molar-refractivity contribution in [1.82, 2.24) is 30.8 Å². The molecule has 0 spiro atoms. The molecule has 1 saturated carbocycles. The molecule has 4 rings (SSSR count). The zero-order valence-electron chi connectivity index (χ0n) is 15.3. The van der Waals surface area contributed by atoms with Crippen LogP contribution in [0.15, 0.2) is 6.07 Å². The minimum Gasteiger partial charge on any atom is -0.350 e. The molecule has 1 saturated heterocycles. The molecule has 0 radical (unpaired) electrons. The van der Waals surface area contributed by atoms with Crippen LogP contribution in [0.5, 0.6) is 0 Å². The van der Waals surface area contributed by atoms with Gasteiger partial charge in [-0.2, -0.15) is 5.10 Å². The Hall–Kier alpha value is -1.44. The first-order valence-electron chi connectivity index (χ1n) is 9.67. The Labute approximate surface area is 149 Å². The maximum atomic E-state index is 12.0. The normalized spacial score (nSPS) is 30.1. The average molecular weight is 346 g/mol. The van der Waals surface area contributed by atoms with Crippen molar-refractivity contribution in [2.75, 3.05) is 13.1 Å². The third-order valence-electron chi connectivity index (χ3n) is 6.14. The lowest BCUT2D eigenvalue weighted by atomic mass is 9.85. The number of amides is 1. The first kappa shape index (κ1) is 17.0. The summed E-state index contributed by atoms with van der Waals surface area (Å²) >= 11 is 0. The summed E-state index contributed by atoms with van der Waals surface area (Å²) in [6.07, 6.45) is 3.28. The van der Waals surface area contributed by atoms with E-state index < -0.39 is 0 Å². The molecule has 2 aliphatic heterocycles. The molecule has 3 heterocycles. The van der Waals surface area contributed by atoms with Crippen LogP contribution in [0.4, 0.5) is 0 Å². The van der Waals surface area contributed by atoms with E-state index in [1.54, 1.807) is 0 Å². The van der Waals surface area contributed by atoms with Crippen LogP contribution in [0.2, 0.25) is 0 Å². The highest BCUT2D eigenvalue weighted by molar-refractivity contribution is 5.79. The summed E-state index contributed by atoms with van der Waals surface area (Å²) in [6, 6.07) is 3.16. The Bertz CT molecular complexity index is 615. The Morgan fingerprint density at radius 1 is 1.28 bits per heavy atom. The molecule has 3 N–H and O–H groups in total. The largest absolute Gasteiger partial charge is 0.350 e. The molecular formula is C18H30N6O. The lowest BCUT2D eigenvalue weighted by Crippen LogP contribution is -2.41. The van der Waals surface area contributed by atoms with Crippen LogP contribution in [0.1, 0.15) is 44.5 Å². The van der Waals surface area contributed by atoms with Crippen molar-refractivity contribution in [3.05, 3.63) is 17.5 Å². The van der Waals surface area contributed by atoms with Gasteiger partial charge < -0.3 is 5.32 Å². The second kappa shape index (κ2) is 7.05. The van der Waals surface area contributed by atoms with Crippen molar-refractivity contribution in [1.29, 1.82) is 0 Å². The van der Waals surface area contributed by atoms with Crippen molar-refractivity contribution < 1.29 is 4.79 Å².